The van der Waals surface area contributed by atoms with Crippen molar-refractivity contribution in [1.82, 2.24) is 9.88 Å². The molecule has 0 unspecified atom stereocenters. The van der Waals surface area contributed by atoms with Crippen molar-refractivity contribution in [3.63, 3.8) is 0 Å². The molecule has 0 radical (unpaired) electrons. The zero-order valence-electron chi connectivity index (χ0n) is 11.8. The van der Waals surface area contributed by atoms with Crippen LogP contribution in [0, 0.1) is 5.92 Å². The predicted molar refractivity (Wildman–Crippen MR) is 81.4 cm³/mol. The molecule has 2 heterocycles. The molecule has 4 heteroatoms. The summed E-state index contributed by atoms with van der Waals surface area (Å²) in [6, 6.07) is 0. The molecular weight excluding hydrogens is 238 g/mol. The van der Waals surface area contributed by atoms with Crippen molar-refractivity contribution in [2.75, 3.05) is 19.6 Å². The van der Waals surface area contributed by atoms with E-state index in [0.29, 0.717) is 0 Å². The van der Waals surface area contributed by atoms with Gasteiger partial charge in [-0.3, -0.25) is 4.90 Å². The zero-order chi connectivity index (χ0) is 14.5. The first-order valence-corrected chi connectivity index (χ1v) is 6.41. The Hall–Kier alpha value is -1.68. The predicted octanol–water partition coefficient (Wildman–Crippen LogP) is 3.19. The smallest absolute Gasteiger partial charge is 0.208 e. The molecule has 0 N–H and O–H groups in total. The van der Waals surface area contributed by atoms with E-state index >= 15 is 0 Å². The van der Waals surface area contributed by atoms with Gasteiger partial charge in [-0.15, -0.1) is 26.3 Å². The summed E-state index contributed by atoms with van der Waals surface area (Å²) in [5, 5.41) is 0. The lowest BCUT2D eigenvalue weighted by atomic mass is 9.97. The van der Waals surface area contributed by atoms with Gasteiger partial charge < -0.3 is 9.41 Å². The van der Waals surface area contributed by atoms with Crippen LogP contribution in [0.5, 0.6) is 0 Å². The fraction of sp³-hybridized carbons (Fsp3) is 0.467. The highest BCUT2D eigenvalue weighted by Gasteiger charge is 2.19. The van der Waals surface area contributed by atoms with Gasteiger partial charge >= 0.3 is 0 Å². The summed E-state index contributed by atoms with van der Waals surface area (Å²) in [6.07, 6.45) is 5.74. The molecule has 1 aliphatic heterocycles. The highest BCUT2D eigenvalue weighted by Crippen LogP contribution is 2.18. The fourth-order valence-corrected chi connectivity index (χ4v) is 2.03. The Kier molecular flexibility index (Phi) is 10.4. The van der Waals surface area contributed by atoms with E-state index < -0.39 is 0 Å². The van der Waals surface area contributed by atoms with Crippen LogP contribution in [0.2, 0.25) is 0 Å². The van der Waals surface area contributed by atoms with Gasteiger partial charge in [0.05, 0.1) is 12.7 Å². The van der Waals surface area contributed by atoms with Gasteiger partial charge in [-0.05, 0) is 38.6 Å². The minimum atomic E-state index is 0.725. The van der Waals surface area contributed by atoms with Crippen LogP contribution >= 0.6 is 0 Å². The van der Waals surface area contributed by atoms with E-state index in [0.717, 1.165) is 38.0 Å². The molecule has 19 heavy (non-hydrogen) atoms. The zero-order valence-corrected chi connectivity index (χ0v) is 11.8. The lowest BCUT2D eigenvalue weighted by Gasteiger charge is -2.30. The van der Waals surface area contributed by atoms with Crippen LogP contribution in [0.15, 0.2) is 48.2 Å². The van der Waals surface area contributed by atoms with Crippen LogP contribution < -0.4 is 0 Å². The van der Waals surface area contributed by atoms with Crippen LogP contribution in [0.4, 0.5) is 0 Å². The second kappa shape index (κ2) is 11.4. The maximum atomic E-state index is 5.23. The Morgan fingerprint density at radius 3 is 2.37 bits per heavy atom. The van der Waals surface area contributed by atoms with Crippen LogP contribution in [0.3, 0.4) is 0 Å². The first kappa shape index (κ1) is 17.3. The fourth-order valence-electron chi connectivity index (χ4n) is 2.03. The lowest BCUT2D eigenvalue weighted by Crippen LogP contribution is -2.34. The van der Waals surface area contributed by atoms with Crippen molar-refractivity contribution < 1.29 is 4.42 Å². The summed E-state index contributed by atoms with van der Waals surface area (Å²) in [5.74, 6) is 1.54. The number of likely N-dealkylation sites (tertiary alicyclic amines) is 1. The maximum absolute atomic E-state index is 5.23. The molecule has 1 aromatic heterocycles. The molecule has 4 nitrogen and oxygen atoms in total. The summed E-state index contributed by atoms with van der Waals surface area (Å²) in [7, 11) is 0. The largest absolute Gasteiger partial charge is 0.448 e. The molecule has 106 valence electrons. The van der Waals surface area contributed by atoms with E-state index in [1.807, 2.05) is 0 Å². The second-order valence-electron chi connectivity index (χ2n) is 4.05. The van der Waals surface area contributed by atoms with Gasteiger partial charge in [-0.25, -0.2) is 4.98 Å². The first-order chi connectivity index (χ1) is 9.38. The number of hydrogen-bond acceptors (Lipinski definition) is 4. The molecule has 0 aromatic carbocycles. The number of oxazole rings is 1. The van der Waals surface area contributed by atoms with E-state index in [1.165, 1.54) is 12.8 Å². The number of aromatic nitrogens is 1. The molecule has 1 saturated heterocycles. The van der Waals surface area contributed by atoms with E-state index in [9.17, 15) is 0 Å². The van der Waals surface area contributed by atoms with Crippen LogP contribution in [-0.4, -0.2) is 36.2 Å². The second-order valence-corrected chi connectivity index (χ2v) is 4.05. The minimum Gasteiger partial charge on any atom is -0.448 e. The van der Waals surface area contributed by atoms with Crippen molar-refractivity contribution in [3.05, 3.63) is 44.7 Å². The normalized spacial score (nSPS) is 15.6. The number of nitrogens with zero attached hydrogens (tertiary/aromatic N) is 3. The van der Waals surface area contributed by atoms with Crippen LogP contribution in [0.25, 0.3) is 0 Å². The first-order valence-electron chi connectivity index (χ1n) is 6.41. The summed E-state index contributed by atoms with van der Waals surface area (Å²) in [4.78, 5) is 10.5. The number of rotatable bonds is 4. The van der Waals surface area contributed by atoms with E-state index in [4.69, 9.17) is 4.42 Å². The van der Waals surface area contributed by atoms with Crippen LogP contribution in [0.1, 0.15) is 18.7 Å². The molecule has 0 spiro atoms. The van der Waals surface area contributed by atoms with Crippen molar-refractivity contribution in [3.8, 4) is 0 Å². The summed E-state index contributed by atoms with van der Waals surface area (Å²) >= 11 is 0. The topological polar surface area (TPSA) is 41.6 Å². The average molecular weight is 263 g/mol. The van der Waals surface area contributed by atoms with Gasteiger partial charge in [0.25, 0.3) is 0 Å². The van der Waals surface area contributed by atoms with Gasteiger partial charge in [-0.1, -0.05) is 0 Å². The lowest BCUT2D eigenvalue weighted by molar-refractivity contribution is 0.167. The van der Waals surface area contributed by atoms with Gasteiger partial charge in [0.2, 0.25) is 5.89 Å². The van der Waals surface area contributed by atoms with Gasteiger partial charge in [0.1, 0.15) is 6.26 Å². The van der Waals surface area contributed by atoms with E-state index in [-0.39, 0.29) is 0 Å². The monoisotopic (exact) mass is 263 g/mol. The molecule has 0 amide bonds. The maximum Gasteiger partial charge on any atom is 0.208 e. The SMILES string of the molecule is C=C.C=C.C=NCC1CCN(Cc2ncco2)CC1. The Bertz CT molecular complexity index is 314. The molecule has 0 atom stereocenters. The molecule has 0 bridgehead atoms. The van der Waals surface area contributed by atoms with Crippen molar-refractivity contribution in [2.24, 2.45) is 10.9 Å². The molecule has 1 fully saturated rings. The van der Waals surface area contributed by atoms with Gasteiger partial charge in [0, 0.05) is 6.54 Å². The summed E-state index contributed by atoms with van der Waals surface area (Å²) in [6.45, 7) is 19.5. The molecular formula is C15H25N3O. The molecule has 0 saturated carbocycles. The molecule has 1 aliphatic rings. The standard InChI is InChI=1S/C11H17N3O.2C2H4/c1-12-8-10-2-5-14(6-3-10)9-11-13-4-7-15-11;2*1-2/h4,7,10H,1-3,5-6,8-9H2;2*1-2H2. The Balaban J connectivity index is 0.000000741. The van der Waals surface area contributed by atoms with Crippen LogP contribution in [-0.2, 0) is 6.54 Å². The quantitative estimate of drug-likeness (QED) is 0.619. The van der Waals surface area contributed by atoms with E-state index in [1.54, 1.807) is 12.5 Å². The highest BCUT2D eigenvalue weighted by molar-refractivity contribution is 5.23. The third-order valence-corrected chi connectivity index (χ3v) is 2.94. The minimum absolute atomic E-state index is 0.725. The van der Waals surface area contributed by atoms with Crippen molar-refractivity contribution in [1.29, 1.82) is 0 Å². The summed E-state index contributed by atoms with van der Waals surface area (Å²) in [5.41, 5.74) is 0. The van der Waals surface area contributed by atoms with Gasteiger partial charge in [-0.2, -0.15) is 0 Å². The number of piperidine rings is 1. The summed E-state index contributed by atoms with van der Waals surface area (Å²) < 4.78 is 5.23. The number of hydrogen-bond donors (Lipinski definition) is 0. The van der Waals surface area contributed by atoms with Crippen molar-refractivity contribution >= 4 is 6.72 Å². The molecule has 1 aromatic rings. The highest BCUT2D eigenvalue weighted by atomic mass is 16.3. The van der Waals surface area contributed by atoms with Crippen molar-refractivity contribution in [2.45, 2.75) is 19.4 Å². The van der Waals surface area contributed by atoms with E-state index in [2.05, 4.69) is 47.9 Å². The Labute approximate surface area is 116 Å². The average Bonchev–Trinajstić information content (AvgIpc) is 2.99. The number of aliphatic imine (C=N–C) groups is 1. The third kappa shape index (κ3) is 6.72. The molecule has 0 aliphatic carbocycles. The Morgan fingerprint density at radius 1 is 1.26 bits per heavy atom. The van der Waals surface area contributed by atoms with Gasteiger partial charge in [0.15, 0.2) is 0 Å². The third-order valence-electron chi connectivity index (χ3n) is 2.94. The Morgan fingerprint density at radius 2 is 1.89 bits per heavy atom. The molecule has 2 rings (SSSR count).